The molecule has 1 aliphatic rings. The number of rotatable bonds is 4. The van der Waals surface area contributed by atoms with Crippen molar-refractivity contribution in [2.75, 3.05) is 19.8 Å². The standard InChI is InChI=1S/C17H21N3OS/c1-19(2)16(21)12-22-17-18-14-10-6-7-11-15(14)20(17)13-8-4-3-5-9-13/h3-5,8-9H,6-7,10-12H2,1-2H3. The molecule has 3 rings (SSSR count). The van der Waals surface area contributed by atoms with Crippen molar-refractivity contribution in [1.29, 1.82) is 0 Å². The smallest absolute Gasteiger partial charge is 0.232 e. The van der Waals surface area contributed by atoms with Crippen LogP contribution >= 0.6 is 11.8 Å². The van der Waals surface area contributed by atoms with Crippen LogP contribution in [-0.4, -0.2) is 40.2 Å². The van der Waals surface area contributed by atoms with Crippen LogP contribution in [0.25, 0.3) is 5.69 Å². The molecule has 5 heteroatoms. The Kier molecular flexibility index (Phi) is 4.52. The minimum absolute atomic E-state index is 0.116. The first-order valence-electron chi connectivity index (χ1n) is 7.65. The summed E-state index contributed by atoms with van der Waals surface area (Å²) in [6, 6.07) is 10.3. The Bertz CT molecular complexity index is 664. The highest BCUT2D eigenvalue weighted by atomic mass is 32.2. The minimum Gasteiger partial charge on any atom is -0.348 e. The van der Waals surface area contributed by atoms with E-state index in [0.29, 0.717) is 5.75 Å². The quantitative estimate of drug-likeness (QED) is 0.814. The molecule has 0 bridgehead atoms. The highest BCUT2D eigenvalue weighted by Gasteiger charge is 2.21. The van der Waals surface area contributed by atoms with Crippen LogP contribution in [0.15, 0.2) is 35.5 Å². The van der Waals surface area contributed by atoms with Crippen LogP contribution in [0.5, 0.6) is 0 Å². The first kappa shape index (κ1) is 15.2. The molecule has 0 spiro atoms. The van der Waals surface area contributed by atoms with Gasteiger partial charge in [-0.3, -0.25) is 9.36 Å². The van der Waals surface area contributed by atoms with Gasteiger partial charge in [-0.05, 0) is 37.8 Å². The molecule has 0 atom stereocenters. The molecule has 0 N–H and O–H groups in total. The average Bonchev–Trinajstić information content (AvgIpc) is 2.91. The van der Waals surface area contributed by atoms with Gasteiger partial charge in [0.15, 0.2) is 5.16 Å². The molecule has 0 fully saturated rings. The zero-order valence-corrected chi connectivity index (χ0v) is 13.9. The Balaban J connectivity index is 1.95. The molecule has 4 nitrogen and oxygen atoms in total. The van der Waals surface area contributed by atoms with Gasteiger partial charge in [-0.25, -0.2) is 4.98 Å². The lowest BCUT2D eigenvalue weighted by atomic mass is 10.0. The zero-order valence-electron chi connectivity index (χ0n) is 13.1. The van der Waals surface area contributed by atoms with Gasteiger partial charge in [0.25, 0.3) is 0 Å². The van der Waals surface area contributed by atoms with Crippen molar-refractivity contribution in [3.05, 3.63) is 41.7 Å². The van der Waals surface area contributed by atoms with Gasteiger partial charge >= 0.3 is 0 Å². The number of aryl methyl sites for hydroxylation is 1. The number of para-hydroxylation sites is 1. The second-order valence-electron chi connectivity index (χ2n) is 5.74. The summed E-state index contributed by atoms with van der Waals surface area (Å²) in [5, 5.41) is 0.938. The number of amides is 1. The first-order valence-corrected chi connectivity index (χ1v) is 8.64. The predicted octanol–water partition coefficient (Wildman–Crippen LogP) is 2.93. The van der Waals surface area contributed by atoms with E-state index in [0.717, 1.165) is 23.7 Å². The molecule has 1 aromatic carbocycles. The summed E-state index contributed by atoms with van der Waals surface area (Å²) in [5.74, 6) is 0.543. The largest absolute Gasteiger partial charge is 0.348 e. The monoisotopic (exact) mass is 315 g/mol. The molecular formula is C17H21N3OS. The maximum atomic E-state index is 11.9. The third kappa shape index (κ3) is 3.04. The summed E-state index contributed by atoms with van der Waals surface area (Å²) >= 11 is 1.53. The van der Waals surface area contributed by atoms with Gasteiger partial charge < -0.3 is 4.90 Å². The lowest BCUT2D eigenvalue weighted by Crippen LogP contribution is -2.23. The number of imidazole rings is 1. The van der Waals surface area contributed by atoms with E-state index < -0.39 is 0 Å². The van der Waals surface area contributed by atoms with E-state index >= 15 is 0 Å². The molecule has 1 amide bonds. The van der Waals surface area contributed by atoms with E-state index in [-0.39, 0.29) is 5.91 Å². The zero-order chi connectivity index (χ0) is 15.5. The summed E-state index contributed by atoms with van der Waals surface area (Å²) in [6.45, 7) is 0. The van der Waals surface area contributed by atoms with Crippen molar-refractivity contribution in [1.82, 2.24) is 14.5 Å². The second kappa shape index (κ2) is 6.57. The van der Waals surface area contributed by atoms with Gasteiger partial charge in [0.05, 0.1) is 11.4 Å². The molecule has 0 saturated heterocycles. The molecular weight excluding hydrogens is 294 g/mol. The fourth-order valence-electron chi connectivity index (χ4n) is 2.71. The summed E-state index contributed by atoms with van der Waals surface area (Å²) < 4.78 is 2.24. The first-order chi connectivity index (χ1) is 10.7. The molecule has 1 aromatic heterocycles. The second-order valence-corrected chi connectivity index (χ2v) is 6.69. The number of nitrogens with zero attached hydrogens (tertiary/aromatic N) is 3. The Labute approximate surface area is 135 Å². The van der Waals surface area contributed by atoms with E-state index in [2.05, 4.69) is 16.7 Å². The minimum atomic E-state index is 0.116. The number of carbonyl (C=O) groups is 1. The van der Waals surface area contributed by atoms with Gasteiger partial charge in [0.2, 0.25) is 5.91 Å². The number of aromatic nitrogens is 2. The fourth-order valence-corrected chi connectivity index (χ4v) is 3.74. The van der Waals surface area contributed by atoms with Crippen LogP contribution in [0.3, 0.4) is 0 Å². The van der Waals surface area contributed by atoms with Crippen LogP contribution in [-0.2, 0) is 17.6 Å². The summed E-state index contributed by atoms with van der Waals surface area (Å²) in [5.41, 5.74) is 3.66. The van der Waals surface area contributed by atoms with Crippen molar-refractivity contribution in [2.45, 2.75) is 30.8 Å². The average molecular weight is 315 g/mol. The van der Waals surface area contributed by atoms with Crippen LogP contribution in [0.4, 0.5) is 0 Å². The van der Waals surface area contributed by atoms with Crippen LogP contribution in [0, 0.1) is 0 Å². The maximum Gasteiger partial charge on any atom is 0.232 e. The predicted molar refractivity (Wildman–Crippen MR) is 89.6 cm³/mol. The molecule has 0 unspecified atom stereocenters. The number of carbonyl (C=O) groups excluding carboxylic acids is 1. The van der Waals surface area contributed by atoms with Gasteiger partial charge in [-0.1, -0.05) is 30.0 Å². The molecule has 1 heterocycles. The third-order valence-corrected chi connectivity index (χ3v) is 4.86. The van der Waals surface area contributed by atoms with Gasteiger partial charge in [0.1, 0.15) is 0 Å². The topological polar surface area (TPSA) is 38.1 Å². The number of hydrogen-bond donors (Lipinski definition) is 0. The Morgan fingerprint density at radius 3 is 2.68 bits per heavy atom. The number of hydrogen-bond acceptors (Lipinski definition) is 3. The van der Waals surface area contributed by atoms with E-state index in [1.807, 2.05) is 18.2 Å². The van der Waals surface area contributed by atoms with E-state index in [1.165, 1.54) is 36.0 Å². The van der Waals surface area contributed by atoms with Crippen molar-refractivity contribution < 1.29 is 4.79 Å². The van der Waals surface area contributed by atoms with Crippen LogP contribution < -0.4 is 0 Å². The highest BCUT2D eigenvalue weighted by molar-refractivity contribution is 7.99. The lowest BCUT2D eigenvalue weighted by Gasteiger charge is -2.15. The lowest BCUT2D eigenvalue weighted by molar-refractivity contribution is -0.125. The summed E-state index contributed by atoms with van der Waals surface area (Å²) in [6.07, 6.45) is 4.54. The molecule has 2 aromatic rings. The Morgan fingerprint density at radius 2 is 1.95 bits per heavy atom. The summed E-state index contributed by atoms with van der Waals surface area (Å²) in [7, 11) is 3.58. The van der Waals surface area contributed by atoms with Crippen LogP contribution in [0.2, 0.25) is 0 Å². The van der Waals surface area contributed by atoms with Gasteiger partial charge in [-0.2, -0.15) is 0 Å². The molecule has 0 saturated carbocycles. The van der Waals surface area contributed by atoms with Crippen molar-refractivity contribution in [2.24, 2.45) is 0 Å². The molecule has 22 heavy (non-hydrogen) atoms. The SMILES string of the molecule is CN(C)C(=O)CSc1nc2c(n1-c1ccccc1)CCCC2. The van der Waals surface area contributed by atoms with E-state index in [1.54, 1.807) is 19.0 Å². The van der Waals surface area contributed by atoms with Gasteiger partial charge in [-0.15, -0.1) is 0 Å². The van der Waals surface area contributed by atoms with Crippen LogP contribution in [0.1, 0.15) is 24.2 Å². The molecule has 1 aliphatic carbocycles. The molecule has 116 valence electrons. The third-order valence-electron chi connectivity index (χ3n) is 3.94. The molecule has 0 radical (unpaired) electrons. The van der Waals surface area contributed by atoms with E-state index in [9.17, 15) is 4.79 Å². The Morgan fingerprint density at radius 1 is 1.23 bits per heavy atom. The fraction of sp³-hybridized carbons (Fsp3) is 0.412. The summed E-state index contributed by atoms with van der Waals surface area (Å²) in [4.78, 5) is 18.3. The number of thioether (sulfide) groups is 1. The van der Waals surface area contributed by atoms with E-state index in [4.69, 9.17) is 4.98 Å². The maximum absolute atomic E-state index is 11.9. The van der Waals surface area contributed by atoms with Crippen molar-refractivity contribution >= 4 is 17.7 Å². The normalized spacial score (nSPS) is 13.7. The van der Waals surface area contributed by atoms with Gasteiger partial charge in [0, 0.05) is 25.5 Å². The van der Waals surface area contributed by atoms with Crippen molar-refractivity contribution in [3.8, 4) is 5.69 Å². The highest BCUT2D eigenvalue weighted by Crippen LogP contribution is 2.30. The molecule has 0 aliphatic heterocycles. The number of benzene rings is 1. The van der Waals surface area contributed by atoms with Crippen molar-refractivity contribution in [3.63, 3.8) is 0 Å². The number of fused-ring (bicyclic) bond motifs is 1. The Hall–Kier alpha value is -1.75.